The average molecular weight is 434 g/mol. The topological polar surface area (TPSA) is 53.9 Å². The number of nitrogens with zero attached hydrogens (tertiary/aromatic N) is 2. The fourth-order valence-electron chi connectivity index (χ4n) is 3.06. The molecule has 1 aliphatic rings. The Morgan fingerprint density at radius 1 is 1.17 bits per heavy atom. The largest absolute Gasteiger partial charge is 0.390 e. The van der Waals surface area contributed by atoms with Crippen molar-refractivity contribution >= 4 is 34.9 Å². The number of rotatable bonds is 5. The van der Waals surface area contributed by atoms with Gasteiger partial charge in [-0.3, -0.25) is 0 Å². The van der Waals surface area contributed by atoms with Crippen molar-refractivity contribution < 1.29 is 9.63 Å². The second kappa shape index (κ2) is 9.06. The molecule has 5 nitrogen and oxygen atoms in total. The van der Waals surface area contributed by atoms with Crippen molar-refractivity contribution in [3.8, 4) is 0 Å². The second-order valence-electron chi connectivity index (χ2n) is 8.17. The van der Waals surface area contributed by atoms with Gasteiger partial charge in [0.05, 0.1) is 12.3 Å². The van der Waals surface area contributed by atoms with Crippen molar-refractivity contribution in [1.82, 2.24) is 10.2 Å². The summed E-state index contributed by atoms with van der Waals surface area (Å²) in [4.78, 5) is 20.3. The summed E-state index contributed by atoms with van der Waals surface area (Å²) < 4.78 is 0. The maximum atomic E-state index is 12.9. The van der Waals surface area contributed by atoms with E-state index >= 15 is 0 Å². The molecule has 0 fully saturated rings. The van der Waals surface area contributed by atoms with E-state index in [1.807, 2.05) is 69.3 Å². The van der Waals surface area contributed by atoms with Gasteiger partial charge in [0.2, 0.25) is 0 Å². The maximum Gasteiger partial charge on any atom is 0.318 e. The summed E-state index contributed by atoms with van der Waals surface area (Å²) >= 11 is 12.1. The van der Waals surface area contributed by atoms with Gasteiger partial charge in [-0.05, 0) is 56.2 Å². The zero-order valence-electron chi connectivity index (χ0n) is 16.8. The van der Waals surface area contributed by atoms with Crippen LogP contribution in [-0.2, 0) is 11.4 Å². The van der Waals surface area contributed by atoms with Crippen LogP contribution in [0.15, 0.2) is 53.7 Å². The van der Waals surface area contributed by atoms with Crippen molar-refractivity contribution in [3.05, 3.63) is 69.7 Å². The van der Waals surface area contributed by atoms with E-state index in [1.54, 1.807) is 4.90 Å². The van der Waals surface area contributed by atoms with Gasteiger partial charge >= 0.3 is 6.03 Å². The molecule has 0 spiro atoms. The molecule has 0 aromatic heterocycles. The van der Waals surface area contributed by atoms with Crippen LogP contribution in [0.2, 0.25) is 10.0 Å². The van der Waals surface area contributed by atoms with Crippen LogP contribution in [-0.4, -0.2) is 34.8 Å². The molecule has 154 valence electrons. The molecular formula is C22H25Cl2N3O2. The van der Waals surface area contributed by atoms with Gasteiger partial charge in [0, 0.05) is 28.5 Å². The summed E-state index contributed by atoms with van der Waals surface area (Å²) in [6.45, 7) is 6.70. The Hall–Kier alpha value is -2.24. The number of carbonyl (C=O) groups is 1. The molecule has 7 heteroatoms. The normalized spacial score (nSPS) is 16.2. The number of halogens is 2. The minimum Gasteiger partial charge on any atom is -0.390 e. The van der Waals surface area contributed by atoms with Crippen molar-refractivity contribution in [2.75, 3.05) is 6.54 Å². The van der Waals surface area contributed by atoms with Crippen LogP contribution in [0.3, 0.4) is 0 Å². The van der Waals surface area contributed by atoms with Gasteiger partial charge in [0.15, 0.2) is 6.10 Å². The quantitative estimate of drug-likeness (QED) is 0.676. The molecule has 29 heavy (non-hydrogen) atoms. The molecular weight excluding hydrogens is 409 g/mol. The Bertz CT molecular complexity index is 892. The number of hydrogen-bond acceptors (Lipinski definition) is 3. The second-order valence-corrected chi connectivity index (χ2v) is 9.04. The fourth-order valence-corrected chi connectivity index (χ4v) is 3.40. The summed E-state index contributed by atoms with van der Waals surface area (Å²) in [5.74, 6) is 0. The molecule has 1 atom stereocenters. The molecule has 2 amide bonds. The third-order valence-corrected chi connectivity index (χ3v) is 4.85. The lowest BCUT2D eigenvalue weighted by Crippen LogP contribution is -2.50. The maximum absolute atomic E-state index is 12.9. The van der Waals surface area contributed by atoms with Crippen molar-refractivity contribution in [1.29, 1.82) is 0 Å². The summed E-state index contributed by atoms with van der Waals surface area (Å²) in [5, 5.41) is 8.56. The van der Waals surface area contributed by atoms with E-state index in [4.69, 9.17) is 28.0 Å². The van der Waals surface area contributed by atoms with Gasteiger partial charge in [-0.15, -0.1) is 0 Å². The molecule has 3 rings (SSSR count). The zero-order chi connectivity index (χ0) is 21.0. The lowest BCUT2D eigenvalue weighted by Gasteiger charge is -2.29. The first-order chi connectivity index (χ1) is 13.7. The molecule has 2 aromatic carbocycles. The first kappa shape index (κ1) is 21.5. The van der Waals surface area contributed by atoms with Crippen molar-refractivity contribution in [3.63, 3.8) is 0 Å². The van der Waals surface area contributed by atoms with E-state index in [0.717, 1.165) is 16.8 Å². The summed E-state index contributed by atoms with van der Waals surface area (Å²) in [6.07, 6.45) is 0.404. The molecule has 2 aromatic rings. The van der Waals surface area contributed by atoms with Crippen LogP contribution < -0.4 is 5.32 Å². The first-order valence-electron chi connectivity index (χ1n) is 9.50. The number of oxime groups is 1. The molecule has 0 saturated carbocycles. The van der Waals surface area contributed by atoms with Gasteiger partial charge in [-0.2, -0.15) is 0 Å². The lowest BCUT2D eigenvalue weighted by molar-refractivity contribution is 0.0580. The molecule has 1 heterocycles. The molecule has 0 radical (unpaired) electrons. The highest BCUT2D eigenvalue weighted by Gasteiger charge is 2.28. The highest BCUT2D eigenvalue weighted by molar-refractivity contribution is 6.31. The summed E-state index contributed by atoms with van der Waals surface area (Å²) in [6, 6.07) is 14.9. The Kier molecular flexibility index (Phi) is 6.70. The third-order valence-electron chi connectivity index (χ3n) is 4.37. The van der Waals surface area contributed by atoms with Gasteiger partial charge in [-0.25, -0.2) is 4.79 Å². The smallest absolute Gasteiger partial charge is 0.318 e. The highest BCUT2D eigenvalue weighted by Crippen LogP contribution is 2.21. The van der Waals surface area contributed by atoms with Crippen LogP contribution >= 0.6 is 23.2 Å². The number of carbonyl (C=O) groups excluding carboxylic acids is 1. The average Bonchev–Trinajstić information content (AvgIpc) is 3.09. The third kappa shape index (κ3) is 6.38. The van der Waals surface area contributed by atoms with E-state index < -0.39 is 0 Å². The molecule has 0 aliphatic carbocycles. The lowest BCUT2D eigenvalue weighted by atomic mass is 10.0. The molecule has 1 N–H and O–H groups in total. The number of urea groups is 1. The Balaban J connectivity index is 1.69. The van der Waals surface area contributed by atoms with Crippen LogP contribution in [0, 0.1) is 0 Å². The minimum atomic E-state index is -0.342. The summed E-state index contributed by atoms with van der Waals surface area (Å²) in [5.41, 5.74) is 2.44. The van der Waals surface area contributed by atoms with E-state index in [9.17, 15) is 4.79 Å². The van der Waals surface area contributed by atoms with Crippen LogP contribution in [0.5, 0.6) is 0 Å². The fraction of sp³-hybridized carbons (Fsp3) is 0.364. The van der Waals surface area contributed by atoms with Crippen molar-refractivity contribution in [2.24, 2.45) is 5.16 Å². The van der Waals surface area contributed by atoms with Gasteiger partial charge in [0.25, 0.3) is 0 Å². The van der Waals surface area contributed by atoms with Gasteiger partial charge < -0.3 is 15.1 Å². The van der Waals surface area contributed by atoms with Gasteiger partial charge in [0.1, 0.15) is 0 Å². The van der Waals surface area contributed by atoms with Crippen molar-refractivity contribution in [2.45, 2.75) is 45.4 Å². The summed E-state index contributed by atoms with van der Waals surface area (Å²) in [7, 11) is 0. The predicted molar refractivity (Wildman–Crippen MR) is 118 cm³/mol. The SMILES string of the molecule is CC(C)(C)NC(=O)N(Cc1cccc(Cl)c1)C[C@@H]1CC(c2ccc(Cl)cc2)=NO1. The van der Waals surface area contributed by atoms with E-state index in [-0.39, 0.29) is 17.7 Å². The molecule has 1 aliphatic heterocycles. The Labute approximate surface area is 181 Å². The molecule has 0 bridgehead atoms. The number of hydrogen-bond donors (Lipinski definition) is 1. The minimum absolute atomic E-state index is 0.152. The van der Waals surface area contributed by atoms with Crippen LogP contribution in [0.4, 0.5) is 4.79 Å². The highest BCUT2D eigenvalue weighted by atomic mass is 35.5. The van der Waals surface area contributed by atoms with E-state index in [0.29, 0.717) is 29.6 Å². The van der Waals surface area contributed by atoms with Gasteiger partial charge in [-0.1, -0.05) is 52.6 Å². The number of benzene rings is 2. The Morgan fingerprint density at radius 2 is 1.90 bits per heavy atom. The first-order valence-corrected chi connectivity index (χ1v) is 10.3. The van der Waals surface area contributed by atoms with Crippen LogP contribution in [0.1, 0.15) is 38.3 Å². The number of amides is 2. The predicted octanol–water partition coefficient (Wildman–Crippen LogP) is 5.50. The van der Waals surface area contributed by atoms with Crippen LogP contribution in [0.25, 0.3) is 0 Å². The monoisotopic (exact) mass is 433 g/mol. The Morgan fingerprint density at radius 3 is 2.55 bits per heavy atom. The standard InChI is InChI=1S/C22H25Cl2N3O2/c1-22(2,3)25-21(28)27(13-15-5-4-6-18(24)11-15)14-19-12-20(26-29-19)16-7-9-17(23)10-8-16/h4-11,19H,12-14H2,1-3H3,(H,25,28)/t19-/m0/s1. The number of nitrogens with one attached hydrogen (secondary N) is 1. The van der Waals surface area contributed by atoms with E-state index in [2.05, 4.69) is 10.5 Å². The van der Waals surface area contributed by atoms with E-state index in [1.165, 1.54) is 0 Å². The molecule has 0 saturated heterocycles. The molecule has 0 unspecified atom stereocenters. The zero-order valence-corrected chi connectivity index (χ0v) is 18.3.